The molecule has 2 amide bonds. The Labute approximate surface area is 164 Å². The van der Waals surface area contributed by atoms with Gasteiger partial charge in [0, 0.05) is 13.2 Å². The molecule has 28 heavy (non-hydrogen) atoms. The second kappa shape index (κ2) is 10.7. The van der Waals surface area contributed by atoms with Gasteiger partial charge in [-0.15, -0.1) is 0 Å². The van der Waals surface area contributed by atoms with Crippen molar-refractivity contribution in [2.75, 3.05) is 13.9 Å². The lowest BCUT2D eigenvalue weighted by Gasteiger charge is -2.43. The van der Waals surface area contributed by atoms with Crippen LogP contribution >= 0.6 is 0 Å². The summed E-state index contributed by atoms with van der Waals surface area (Å²) in [5.74, 6) is 0. The van der Waals surface area contributed by atoms with Gasteiger partial charge in [-0.05, 0) is 37.7 Å². The van der Waals surface area contributed by atoms with Gasteiger partial charge in [0.25, 0.3) is 0 Å². The lowest BCUT2D eigenvalue weighted by Crippen LogP contribution is -2.58. The van der Waals surface area contributed by atoms with Crippen molar-refractivity contribution in [3.05, 3.63) is 48.0 Å². The van der Waals surface area contributed by atoms with Crippen LogP contribution < -0.4 is 10.6 Å². The Morgan fingerprint density at radius 3 is 2.57 bits per heavy atom. The fourth-order valence-corrected chi connectivity index (χ4v) is 3.74. The number of carbonyl (C=O) groups is 2. The van der Waals surface area contributed by atoms with Crippen LogP contribution in [-0.4, -0.2) is 54.0 Å². The molecule has 0 unspecified atom stereocenters. The molecule has 8 nitrogen and oxygen atoms in total. The van der Waals surface area contributed by atoms with Crippen LogP contribution in [0.25, 0.3) is 0 Å². The third kappa shape index (κ3) is 7.21. The molecular weight excluding hydrogens is 364 g/mol. The highest BCUT2D eigenvalue weighted by Crippen LogP contribution is 2.34. The Hall–Kier alpha value is -2.58. The predicted molar refractivity (Wildman–Crippen MR) is 103 cm³/mol. The molecule has 1 aliphatic carbocycles. The van der Waals surface area contributed by atoms with Crippen LogP contribution in [0.2, 0.25) is 0 Å². The Morgan fingerprint density at radius 2 is 1.93 bits per heavy atom. The molecule has 8 heteroatoms. The van der Waals surface area contributed by atoms with Gasteiger partial charge in [-0.1, -0.05) is 42.5 Å². The van der Waals surface area contributed by atoms with Gasteiger partial charge >= 0.3 is 12.2 Å². The smallest absolute Gasteiger partial charge is 0.405 e. The fraction of sp³-hybridized carbons (Fsp3) is 0.500. The van der Waals surface area contributed by atoms with Gasteiger partial charge in [-0.3, -0.25) is 0 Å². The van der Waals surface area contributed by atoms with E-state index in [9.17, 15) is 14.7 Å². The molecule has 0 radical (unpaired) electrons. The van der Waals surface area contributed by atoms with Crippen molar-refractivity contribution in [3.8, 4) is 0 Å². The SMILES string of the molecule is COCO[C@H]1C[C@@H](NC(=O)O)C[C@@](CC=CCc2ccccc2)(NC(=O)O)C1. The van der Waals surface area contributed by atoms with Gasteiger partial charge in [-0.25, -0.2) is 9.59 Å². The number of hydrogen-bond acceptors (Lipinski definition) is 4. The molecule has 1 aromatic carbocycles. The summed E-state index contributed by atoms with van der Waals surface area (Å²) in [7, 11) is 1.50. The van der Waals surface area contributed by atoms with Gasteiger partial charge in [0.05, 0.1) is 11.6 Å². The Bertz CT molecular complexity index is 666. The maximum absolute atomic E-state index is 11.4. The van der Waals surface area contributed by atoms with Crippen LogP contribution in [0.15, 0.2) is 42.5 Å². The standard InChI is InChI=1S/C20H28N2O6/c1-27-14-28-17-11-16(21-18(23)24)12-20(13-17,22-19(25)26)10-6-5-9-15-7-3-2-4-8-15/h2-8,16-17,21-22H,9-14H2,1H3,(H,23,24)(H,25,26)/t16-,17+,20-/m1/s1. The van der Waals surface area contributed by atoms with Crippen molar-refractivity contribution in [3.63, 3.8) is 0 Å². The number of methoxy groups -OCH3 is 1. The summed E-state index contributed by atoms with van der Waals surface area (Å²) >= 11 is 0. The van der Waals surface area contributed by atoms with Crippen molar-refractivity contribution in [1.82, 2.24) is 10.6 Å². The Morgan fingerprint density at radius 1 is 1.18 bits per heavy atom. The molecule has 0 spiro atoms. The summed E-state index contributed by atoms with van der Waals surface area (Å²) in [6, 6.07) is 9.53. The van der Waals surface area contributed by atoms with E-state index in [0.29, 0.717) is 25.7 Å². The minimum absolute atomic E-state index is 0.0669. The molecule has 1 fully saturated rings. The number of nitrogens with one attached hydrogen (secondary N) is 2. The zero-order chi connectivity index (χ0) is 20.4. The minimum Gasteiger partial charge on any atom is -0.465 e. The molecule has 4 N–H and O–H groups in total. The van der Waals surface area contributed by atoms with Gasteiger partial charge < -0.3 is 30.3 Å². The first kappa shape index (κ1) is 21.7. The number of ether oxygens (including phenoxy) is 2. The number of rotatable bonds is 9. The number of carboxylic acid groups (broad SMARTS) is 2. The van der Waals surface area contributed by atoms with Crippen molar-refractivity contribution < 1.29 is 29.3 Å². The first-order valence-corrected chi connectivity index (χ1v) is 9.22. The number of amides is 2. The van der Waals surface area contributed by atoms with Crippen LogP contribution in [0, 0.1) is 0 Å². The first-order chi connectivity index (χ1) is 13.4. The third-order valence-electron chi connectivity index (χ3n) is 4.80. The Kier molecular flexibility index (Phi) is 8.28. The quantitative estimate of drug-likeness (QED) is 0.379. The molecule has 154 valence electrons. The molecule has 1 aliphatic rings. The molecule has 0 aromatic heterocycles. The zero-order valence-corrected chi connectivity index (χ0v) is 16.0. The largest absolute Gasteiger partial charge is 0.465 e. The summed E-state index contributed by atoms with van der Waals surface area (Å²) in [6.45, 7) is 0.0669. The van der Waals surface area contributed by atoms with Crippen molar-refractivity contribution >= 4 is 12.2 Å². The summed E-state index contributed by atoms with van der Waals surface area (Å²) in [5, 5.41) is 23.5. The molecule has 0 aliphatic heterocycles. The Balaban J connectivity index is 2.11. The van der Waals surface area contributed by atoms with Crippen LogP contribution in [0.1, 0.15) is 31.2 Å². The van der Waals surface area contributed by atoms with E-state index in [1.165, 1.54) is 7.11 Å². The number of allylic oxidation sites excluding steroid dienone is 1. The lowest BCUT2D eigenvalue weighted by molar-refractivity contribution is -0.0963. The van der Waals surface area contributed by atoms with Gasteiger partial charge in [0.2, 0.25) is 0 Å². The van der Waals surface area contributed by atoms with Crippen molar-refractivity contribution in [2.45, 2.75) is 49.8 Å². The third-order valence-corrected chi connectivity index (χ3v) is 4.80. The summed E-state index contributed by atoms with van der Waals surface area (Å²) in [5.41, 5.74) is 0.345. The highest BCUT2D eigenvalue weighted by Gasteiger charge is 2.42. The van der Waals surface area contributed by atoms with E-state index >= 15 is 0 Å². The van der Waals surface area contributed by atoms with E-state index in [2.05, 4.69) is 10.6 Å². The van der Waals surface area contributed by atoms with E-state index in [0.717, 1.165) is 12.0 Å². The molecule has 0 bridgehead atoms. The van der Waals surface area contributed by atoms with Crippen LogP contribution in [0.3, 0.4) is 0 Å². The van der Waals surface area contributed by atoms with E-state index in [4.69, 9.17) is 14.6 Å². The maximum Gasteiger partial charge on any atom is 0.405 e. The lowest BCUT2D eigenvalue weighted by atomic mass is 9.75. The highest BCUT2D eigenvalue weighted by atomic mass is 16.7. The second-order valence-corrected chi connectivity index (χ2v) is 7.06. The molecule has 1 aromatic rings. The van der Waals surface area contributed by atoms with Crippen molar-refractivity contribution in [1.29, 1.82) is 0 Å². The van der Waals surface area contributed by atoms with Crippen LogP contribution in [-0.2, 0) is 15.9 Å². The number of benzene rings is 1. The number of hydrogen-bond donors (Lipinski definition) is 4. The van der Waals surface area contributed by atoms with Gasteiger partial charge in [0.15, 0.2) is 0 Å². The molecule has 1 saturated carbocycles. The van der Waals surface area contributed by atoms with E-state index in [-0.39, 0.29) is 12.9 Å². The monoisotopic (exact) mass is 392 g/mol. The molecule has 2 rings (SSSR count). The fourth-order valence-electron chi connectivity index (χ4n) is 3.74. The summed E-state index contributed by atoms with van der Waals surface area (Å²) in [4.78, 5) is 22.6. The van der Waals surface area contributed by atoms with Crippen LogP contribution in [0.4, 0.5) is 9.59 Å². The second-order valence-electron chi connectivity index (χ2n) is 7.06. The minimum atomic E-state index is -1.14. The van der Waals surface area contributed by atoms with E-state index in [1.807, 2.05) is 42.5 Å². The van der Waals surface area contributed by atoms with Crippen LogP contribution in [0.5, 0.6) is 0 Å². The molecule has 3 atom stereocenters. The zero-order valence-electron chi connectivity index (χ0n) is 16.0. The maximum atomic E-state index is 11.4. The summed E-state index contributed by atoms with van der Waals surface area (Å²) < 4.78 is 10.6. The van der Waals surface area contributed by atoms with E-state index < -0.39 is 23.8 Å². The van der Waals surface area contributed by atoms with Gasteiger partial charge in [-0.2, -0.15) is 0 Å². The van der Waals surface area contributed by atoms with Crippen molar-refractivity contribution in [2.24, 2.45) is 0 Å². The van der Waals surface area contributed by atoms with Gasteiger partial charge in [0.1, 0.15) is 6.79 Å². The average Bonchev–Trinajstić information content (AvgIpc) is 2.63. The topological polar surface area (TPSA) is 117 Å². The molecule has 0 heterocycles. The first-order valence-electron chi connectivity index (χ1n) is 9.22. The van der Waals surface area contributed by atoms with E-state index in [1.54, 1.807) is 0 Å². The predicted octanol–water partition coefficient (Wildman–Crippen LogP) is 2.99. The molecular formula is C20H28N2O6. The highest BCUT2D eigenvalue weighted by molar-refractivity contribution is 5.66. The summed E-state index contributed by atoms with van der Waals surface area (Å²) in [6.07, 6.45) is 3.79. The average molecular weight is 392 g/mol. The normalized spacial score (nSPS) is 24.8. The molecule has 0 saturated heterocycles.